The fourth-order valence-electron chi connectivity index (χ4n) is 2.24. The largest absolute Gasteiger partial charge is 0.308 e. The molecule has 0 amide bonds. The highest BCUT2D eigenvalue weighted by Gasteiger charge is 2.28. The van der Waals surface area contributed by atoms with E-state index in [0.29, 0.717) is 16.1 Å². The number of para-hydroxylation sites is 1. The standard InChI is InChI=1S/C16H10ClN5O2S/c1-25-16-19-7-10(17)12(21-16)13(23)9(6-18)14-20-11-5-3-2-4-8(11)15(24)22-14/h2-5,7,9H,1H3,(H,20,22,24)/t9-/m0/s1. The lowest BCUT2D eigenvalue weighted by Gasteiger charge is -2.09. The smallest absolute Gasteiger partial charge is 0.258 e. The van der Waals surface area contributed by atoms with Gasteiger partial charge in [0.2, 0.25) is 5.78 Å². The van der Waals surface area contributed by atoms with E-state index in [2.05, 4.69) is 19.9 Å². The molecule has 0 saturated carbocycles. The Kier molecular flexibility index (Phi) is 4.79. The van der Waals surface area contributed by atoms with Crippen molar-refractivity contribution in [3.63, 3.8) is 0 Å². The van der Waals surface area contributed by atoms with Crippen molar-refractivity contribution >= 4 is 40.0 Å². The van der Waals surface area contributed by atoms with Gasteiger partial charge in [0, 0.05) is 0 Å². The Labute approximate surface area is 151 Å². The fraction of sp³-hybridized carbons (Fsp3) is 0.125. The van der Waals surface area contributed by atoms with Crippen molar-refractivity contribution in [1.29, 1.82) is 5.26 Å². The van der Waals surface area contributed by atoms with Crippen LogP contribution in [-0.4, -0.2) is 32.0 Å². The first-order chi connectivity index (χ1) is 12.0. The molecule has 3 aromatic rings. The van der Waals surface area contributed by atoms with Crippen LogP contribution in [0.5, 0.6) is 0 Å². The zero-order valence-electron chi connectivity index (χ0n) is 12.9. The van der Waals surface area contributed by atoms with Crippen LogP contribution in [0.2, 0.25) is 5.02 Å². The predicted octanol–water partition coefficient (Wildman–Crippen LogP) is 2.58. The normalized spacial score (nSPS) is 11.9. The molecule has 1 atom stereocenters. The van der Waals surface area contributed by atoms with Gasteiger partial charge in [-0.1, -0.05) is 35.5 Å². The number of hydrogen-bond acceptors (Lipinski definition) is 7. The second-order valence-electron chi connectivity index (χ2n) is 4.95. The molecule has 0 aliphatic rings. The fourth-order valence-corrected chi connectivity index (χ4v) is 2.77. The average molecular weight is 372 g/mol. The van der Waals surface area contributed by atoms with Crippen LogP contribution in [0.15, 0.2) is 40.4 Å². The Morgan fingerprint density at radius 1 is 1.36 bits per heavy atom. The third-order valence-corrected chi connectivity index (χ3v) is 4.27. The van der Waals surface area contributed by atoms with Crippen LogP contribution in [0.1, 0.15) is 22.2 Å². The van der Waals surface area contributed by atoms with Crippen molar-refractivity contribution in [1.82, 2.24) is 19.9 Å². The molecule has 0 saturated heterocycles. The molecule has 124 valence electrons. The van der Waals surface area contributed by atoms with Crippen molar-refractivity contribution in [2.24, 2.45) is 0 Å². The highest BCUT2D eigenvalue weighted by atomic mass is 35.5. The molecule has 0 unspecified atom stereocenters. The van der Waals surface area contributed by atoms with E-state index < -0.39 is 17.3 Å². The minimum absolute atomic E-state index is 0.0335. The van der Waals surface area contributed by atoms with Crippen molar-refractivity contribution < 1.29 is 4.79 Å². The number of aromatic amines is 1. The van der Waals surface area contributed by atoms with Gasteiger partial charge in [0.25, 0.3) is 5.56 Å². The summed E-state index contributed by atoms with van der Waals surface area (Å²) in [4.78, 5) is 39.7. The molecule has 1 N–H and O–H groups in total. The average Bonchev–Trinajstić information content (AvgIpc) is 2.62. The molecule has 0 bridgehead atoms. The predicted molar refractivity (Wildman–Crippen MR) is 93.9 cm³/mol. The zero-order chi connectivity index (χ0) is 18.0. The lowest BCUT2D eigenvalue weighted by atomic mass is 10.0. The molecular formula is C16H10ClN5O2S. The minimum atomic E-state index is -1.33. The van der Waals surface area contributed by atoms with E-state index in [1.807, 2.05) is 6.07 Å². The van der Waals surface area contributed by atoms with Gasteiger partial charge in [-0.05, 0) is 18.4 Å². The van der Waals surface area contributed by atoms with Crippen LogP contribution in [0.4, 0.5) is 0 Å². The van der Waals surface area contributed by atoms with Gasteiger partial charge in [-0.15, -0.1) is 0 Å². The van der Waals surface area contributed by atoms with Gasteiger partial charge in [-0.3, -0.25) is 9.59 Å². The van der Waals surface area contributed by atoms with E-state index in [1.54, 1.807) is 30.5 Å². The number of thioether (sulfide) groups is 1. The van der Waals surface area contributed by atoms with Crippen LogP contribution in [-0.2, 0) is 0 Å². The summed E-state index contributed by atoms with van der Waals surface area (Å²) in [6.07, 6.45) is 3.06. The molecule has 2 heterocycles. The number of halogens is 1. The zero-order valence-corrected chi connectivity index (χ0v) is 14.4. The minimum Gasteiger partial charge on any atom is -0.308 e. The first-order valence-corrected chi connectivity index (χ1v) is 8.64. The number of Topliss-reactive ketones (excluding diaryl/α,β-unsaturated/α-hetero) is 1. The van der Waals surface area contributed by atoms with E-state index in [1.165, 1.54) is 18.0 Å². The molecule has 0 aliphatic carbocycles. The van der Waals surface area contributed by atoms with E-state index in [4.69, 9.17) is 11.6 Å². The summed E-state index contributed by atoms with van der Waals surface area (Å²) < 4.78 is 0. The molecular weight excluding hydrogens is 362 g/mol. The molecule has 0 radical (unpaired) electrons. The number of nitrogens with one attached hydrogen (secondary N) is 1. The highest BCUT2D eigenvalue weighted by Crippen LogP contribution is 2.23. The Morgan fingerprint density at radius 3 is 2.84 bits per heavy atom. The van der Waals surface area contributed by atoms with Crippen LogP contribution in [0.3, 0.4) is 0 Å². The number of hydrogen-bond donors (Lipinski definition) is 1. The number of rotatable bonds is 4. The van der Waals surface area contributed by atoms with Crippen molar-refractivity contribution in [3.05, 3.63) is 57.4 Å². The molecule has 1 aromatic carbocycles. The first-order valence-electron chi connectivity index (χ1n) is 7.04. The Hall–Kier alpha value is -2.76. The maximum Gasteiger partial charge on any atom is 0.258 e. The van der Waals surface area contributed by atoms with Crippen LogP contribution in [0, 0.1) is 11.3 Å². The number of nitriles is 1. The van der Waals surface area contributed by atoms with Crippen LogP contribution in [0.25, 0.3) is 10.9 Å². The maximum absolute atomic E-state index is 12.7. The number of carbonyl (C=O) groups excluding carboxylic acids is 1. The second-order valence-corrected chi connectivity index (χ2v) is 6.13. The second kappa shape index (κ2) is 7.01. The van der Waals surface area contributed by atoms with Gasteiger partial charge in [0.1, 0.15) is 11.5 Å². The summed E-state index contributed by atoms with van der Waals surface area (Å²) in [6, 6.07) is 8.53. The summed E-state index contributed by atoms with van der Waals surface area (Å²) >= 11 is 7.25. The van der Waals surface area contributed by atoms with E-state index in [0.717, 1.165) is 0 Å². The van der Waals surface area contributed by atoms with Gasteiger partial charge in [0.15, 0.2) is 11.1 Å². The van der Waals surface area contributed by atoms with Crippen LogP contribution < -0.4 is 5.56 Å². The number of nitrogens with zero attached hydrogens (tertiary/aromatic N) is 4. The number of ketones is 1. The number of aromatic nitrogens is 4. The lowest BCUT2D eigenvalue weighted by molar-refractivity contribution is 0.0970. The summed E-state index contributed by atoms with van der Waals surface area (Å²) in [6.45, 7) is 0. The lowest BCUT2D eigenvalue weighted by Crippen LogP contribution is -2.21. The van der Waals surface area contributed by atoms with Gasteiger partial charge in [0.05, 0.1) is 28.2 Å². The third-order valence-electron chi connectivity index (χ3n) is 3.43. The maximum atomic E-state index is 12.7. The summed E-state index contributed by atoms with van der Waals surface area (Å²) in [5.74, 6) is -2.03. The Morgan fingerprint density at radius 2 is 2.12 bits per heavy atom. The number of fused-ring (bicyclic) bond motifs is 1. The van der Waals surface area contributed by atoms with Crippen LogP contribution >= 0.6 is 23.4 Å². The van der Waals surface area contributed by atoms with Gasteiger partial charge < -0.3 is 4.98 Å². The SMILES string of the molecule is CSc1ncc(Cl)c(C(=O)[C@H](C#N)c2nc3ccccc3c(=O)[nH]2)n1. The quantitative estimate of drug-likeness (QED) is 0.426. The Balaban J connectivity index is 2.11. The number of H-pyrrole nitrogens is 1. The molecule has 25 heavy (non-hydrogen) atoms. The van der Waals surface area contributed by atoms with Crippen molar-refractivity contribution in [2.45, 2.75) is 11.1 Å². The molecule has 7 nitrogen and oxygen atoms in total. The van der Waals surface area contributed by atoms with Gasteiger partial charge in [-0.2, -0.15) is 5.26 Å². The number of benzene rings is 1. The van der Waals surface area contributed by atoms with Crippen molar-refractivity contribution in [2.75, 3.05) is 6.26 Å². The molecule has 0 aliphatic heterocycles. The molecule has 2 aromatic heterocycles. The first kappa shape index (κ1) is 17.1. The Bertz CT molecular complexity index is 1080. The van der Waals surface area contributed by atoms with Gasteiger partial charge in [-0.25, -0.2) is 15.0 Å². The highest BCUT2D eigenvalue weighted by molar-refractivity contribution is 7.98. The van der Waals surface area contributed by atoms with E-state index >= 15 is 0 Å². The number of carbonyl (C=O) groups is 1. The van der Waals surface area contributed by atoms with E-state index in [9.17, 15) is 14.9 Å². The summed E-state index contributed by atoms with van der Waals surface area (Å²) in [5, 5.41) is 10.2. The monoisotopic (exact) mass is 371 g/mol. The molecule has 0 fully saturated rings. The van der Waals surface area contributed by atoms with Gasteiger partial charge >= 0.3 is 0 Å². The molecule has 3 rings (SSSR count). The summed E-state index contributed by atoms with van der Waals surface area (Å²) in [5.41, 5.74) is -0.108. The van der Waals surface area contributed by atoms with Crippen molar-refractivity contribution in [3.8, 4) is 6.07 Å². The summed E-state index contributed by atoms with van der Waals surface area (Å²) in [7, 11) is 0. The molecule has 9 heteroatoms. The third kappa shape index (κ3) is 3.24. The topological polar surface area (TPSA) is 112 Å². The molecule has 0 spiro atoms. The van der Waals surface area contributed by atoms with E-state index in [-0.39, 0.29) is 16.5 Å².